The largest absolute Gasteiger partial charge is 0.272 e. The monoisotopic (exact) mass is 356 g/mol. The van der Waals surface area contributed by atoms with Crippen LogP contribution in [0.5, 0.6) is 0 Å². The third-order valence-corrected chi connectivity index (χ3v) is 4.18. The summed E-state index contributed by atoms with van der Waals surface area (Å²) in [5.41, 5.74) is 3.25. The summed E-state index contributed by atoms with van der Waals surface area (Å²) in [4.78, 5) is 0. The Morgan fingerprint density at radius 1 is 0.593 bits per heavy atom. The van der Waals surface area contributed by atoms with Crippen LogP contribution in [0.4, 0.5) is 0 Å². The van der Waals surface area contributed by atoms with Crippen molar-refractivity contribution in [1.29, 1.82) is 0 Å². The van der Waals surface area contributed by atoms with Gasteiger partial charge in [0.2, 0.25) is 0 Å². The minimum atomic E-state index is -0.119. The summed E-state index contributed by atoms with van der Waals surface area (Å²) in [6.07, 6.45) is 3.61. The summed E-state index contributed by atoms with van der Waals surface area (Å²) in [5, 5.41) is 13.1. The summed E-state index contributed by atoms with van der Waals surface area (Å²) < 4.78 is 0. The molecule has 3 aromatic rings. The van der Waals surface area contributed by atoms with E-state index in [9.17, 15) is 0 Å². The van der Waals surface area contributed by atoms with E-state index in [2.05, 4.69) is 22.3 Å². The minimum Gasteiger partial charge on any atom is -0.272 e. The van der Waals surface area contributed by atoms with E-state index >= 15 is 0 Å². The standard InChI is InChI=1S/C23H24N4/c1-26(24-18-20-12-6-3-7-13-20)23(22-16-10-5-11-17-22)27(2)25-19-21-14-8-4-9-15-21/h3-19,23H,1-2H3/b24-18-,25-19-. The number of hydrogen-bond donors (Lipinski definition) is 0. The second kappa shape index (κ2) is 9.34. The highest BCUT2D eigenvalue weighted by molar-refractivity contribution is 5.79. The van der Waals surface area contributed by atoms with Gasteiger partial charge in [-0.3, -0.25) is 10.0 Å². The fraction of sp³-hybridized carbons (Fsp3) is 0.130. The van der Waals surface area contributed by atoms with Gasteiger partial charge in [-0.05, 0) is 16.7 Å². The van der Waals surface area contributed by atoms with E-state index in [-0.39, 0.29) is 6.17 Å². The number of benzene rings is 3. The van der Waals surface area contributed by atoms with Crippen molar-refractivity contribution in [2.75, 3.05) is 14.1 Å². The molecule has 0 unspecified atom stereocenters. The maximum atomic E-state index is 4.64. The quantitative estimate of drug-likeness (QED) is 0.351. The van der Waals surface area contributed by atoms with E-state index in [1.54, 1.807) is 0 Å². The summed E-state index contributed by atoms with van der Waals surface area (Å²) in [5.74, 6) is 0. The molecule has 3 rings (SSSR count). The Labute approximate surface area is 161 Å². The second-order valence-electron chi connectivity index (χ2n) is 6.24. The average Bonchev–Trinajstić information content (AvgIpc) is 2.73. The Hall–Kier alpha value is -3.40. The Kier molecular flexibility index (Phi) is 6.36. The van der Waals surface area contributed by atoms with Gasteiger partial charge in [-0.1, -0.05) is 91.0 Å². The average molecular weight is 356 g/mol. The van der Waals surface area contributed by atoms with E-state index in [1.165, 1.54) is 0 Å². The fourth-order valence-electron chi connectivity index (χ4n) is 2.82. The Bertz CT molecular complexity index is 805. The van der Waals surface area contributed by atoms with Crippen molar-refractivity contribution in [2.45, 2.75) is 6.17 Å². The smallest absolute Gasteiger partial charge is 0.159 e. The molecule has 0 spiro atoms. The van der Waals surface area contributed by atoms with E-state index in [0.717, 1.165) is 16.7 Å². The van der Waals surface area contributed by atoms with Crippen molar-refractivity contribution < 1.29 is 0 Å². The van der Waals surface area contributed by atoms with Gasteiger partial charge in [0.25, 0.3) is 0 Å². The first-order valence-corrected chi connectivity index (χ1v) is 8.93. The normalized spacial score (nSPS) is 11.4. The molecule has 0 radical (unpaired) electrons. The molecule has 136 valence electrons. The molecular formula is C23H24N4. The fourth-order valence-corrected chi connectivity index (χ4v) is 2.82. The zero-order chi connectivity index (χ0) is 18.9. The van der Waals surface area contributed by atoms with Gasteiger partial charge in [0, 0.05) is 14.1 Å². The van der Waals surface area contributed by atoms with E-state index in [0.29, 0.717) is 0 Å². The van der Waals surface area contributed by atoms with Gasteiger partial charge in [0.15, 0.2) is 6.17 Å². The van der Waals surface area contributed by atoms with Crippen molar-refractivity contribution in [1.82, 2.24) is 10.0 Å². The van der Waals surface area contributed by atoms with Crippen LogP contribution in [0.15, 0.2) is 101 Å². The first kappa shape index (κ1) is 18.4. The van der Waals surface area contributed by atoms with Crippen molar-refractivity contribution in [3.8, 4) is 0 Å². The van der Waals surface area contributed by atoms with Crippen LogP contribution in [-0.2, 0) is 0 Å². The van der Waals surface area contributed by atoms with Gasteiger partial charge in [-0.2, -0.15) is 10.2 Å². The number of hydrazone groups is 2. The molecule has 0 saturated heterocycles. The van der Waals surface area contributed by atoms with Gasteiger partial charge in [-0.25, -0.2) is 0 Å². The highest BCUT2D eigenvalue weighted by atomic mass is 15.6. The van der Waals surface area contributed by atoms with Crippen LogP contribution >= 0.6 is 0 Å². The second-order valence-corrected chi connectivity index (χ2v) is 6.24. The molecule has 3 aromatic carbocycles. The van der Waals surface area contributed by atoms with Gasteiger partial charge in [0.05, 0.1) is 12.4 Å². The topological polar surface area (TPSA) is 31.2 Å². The van der Waals surface area contributed by atoms with Crippen molar-refractivity contribution in [3.05, 3.63) is 108 Å². The van der Waals surface area contributed by atoms with E-state index < -0.39 is 0 Å². The van der Waals surface area contributed by atoms with Crippen LogP contribution in [0.3, 0.4) is 0 Å². The van der Waals surface area contributed by atoms with Crippen molar-refractivity contribution >= 4 is 12.4 Å². The summed E-state index contributed by atoms with van der Waals surface area (Å²) in [7, 11) is 3.93. The lowest BCUT2D eigenvalue weighted by molar-refractivity contribution is 0.0897. The third kappa shape index (κ3) is 5.28. The Balaban J connectivity index is 1.82. The molecule has 0 aliphatic rings. The summed E-state index contributed by atoms with van der Waals surface area (Å²) in [6, 6.07) is 30.4. The maximum Gasteiger partial charge on any atom is 0.159 e. The summed E-state index contributed by atoms with van der Waals surface area (Å²) in [6.45, 7) is 0. The van der Waals surface area contributed by atoms with Crippen molar-refractivity contribution in [2.24, 2.45) is 10.2 Å². The zero-order valence-corrected chi connectivity index (χ0v) is 15.7. The minimum absolute atomic E-state index is 0.119. The van der Waals surface area contributed by atoms with Crippen molar-refractivity contribution in [3.63, 3.8) is 0 Å². The predicted octanol–water partition coefficient (Wildman–Crippen LogP) is 4.62. The third-order valence-electron chi connectivity index (χ3n) is 4.18. The first-order valence-electron chi connectivity index (χ1n) is 8.93. The number of rotatable bonds is 7. The molecule has 4 heteroatoms. The molecule has 0 heterocycles. The molecular weight excluding hydrogens is 332 g/mol. The molecule has 0 aliphatic carbocycles. The molecule has 0 aliphatic heterocycles. The highest BCUT2D eigenvalue weighted by Crippen LogP contribution is 2.23. The maximum absolute atomic E-state index is 4.64. The molecule has 0 fully saturated rings. The molecule has 0 amide bonds. The molecule has 4 nitrogen and oxygen atoms in total. The van der Waals surface area contributed by atoms with Gasteiger partial charge >= 0.3 is 0 Å². The van der Waals surface area contributed by atoms with E-state index in [4.69, 9.17) is 0 Å². The van der Waals surface area contributed by atoms with Crippen LogP contribution in [0.25, 0.3) is 0 Å². The molecule has 0 bridgehead atoms. The lowest BCUT2D eigenvalue weighted by atomic mass is 10.1. The lowest BCUT2D eigenvalue weighted by Gasteiger charge is -2.32. The number of hydrogen-bond acceptors (Lipinski definition) is 4. The number of nitrogens with zero attached hydrogens (tertiary/aromatic N) is 4. The molecule has 27 heavy (non-hydrogen) atoms. The predicted molar refractivity (Wildman–Crippen MR) is 113 cm³/mol. The van der Waals surface area contributed by atoms with E-state index in [1.807, 2.05) is 115 Å². The molecule has 0 saturated carbocycles. The zero-order valence-electron chi connectivity index (χ0n) is 15.7. The molecule has 0 N–H and O–H groups in total. The Morgan fingerprint density at radius 3 is 1.37 bits per heavy atom. The van der Waals surface area contributed by atoms with Crippen LogP contribution in [0.1, 0.15) is 22.9 Å². The van der Waals surface area contributed by atoms with Crippen LogP contribution in [0.2, 0.25) is 0 Å². The SMILES string of the molecule is CN(/N=C\c1ccccc1)C(c1ccccc1)N(C)/N=C\c1ccccc1. The van der Waals surface area contributed by atoms with Crippen LogP contribution in [-0.4, -0.2) is 36.5 Å². The van der Waals surface area contributed by atoms with Crippen LogP contribution in [0, 0.1) is 0 Å². The van der Waals surface area contributed by atoms with Gasteiger partial charge in [0.1, 0.15) is 0 Å². The molecule has 0 atom stereocenters. The first-order chi connectivity index (χ1) is 13.2. The van der Waals surface area contributed by atoms with Gasteiger partial charge in [-0.15, -0.1) is 0 Å². The van der Waals surface area contributed by atoms with Crippen LogP contribution < -0.4 is 0 Å². The molecule has 0 aromatic heterocycles. The van der Waals surface area contributed by atoms with Gasteiger partial charge < -0.3 is 0 Å². The Morgan fingerprint density at radius 2 is 0.963 bits per heavy atom. The highest BCUT2D eigenvalue weighted by Gasteiger charge is 2.19. The summed E-state index contributed by atoms with van der Waals surface area (Å²) >= 11 is 0. The lowest BCUT2D eigenvalue weighted by Crippen LogP contribution is -2.31.